The molecule has 0 spiro atoms. The minimum Gasteiger partial charge on any atom is -0.462 e. The van der Waals surface area contributed by atoms with Crippen molar-refractivity contribution in [3.63, 3.8) is 0 Å². The third-order valence-electron chi connectivity index (χ3n) is 1.60. The van der Waals surface area contributed by atoms with Crippen LogP contribution in [0.2, 0.25) is 0 Å². The molecule has 0 aliphatic carbocycles. The Morgan fingerprint density at radius 3 is 2.75 bits per heavy atom. The van der Waals surface area contributed by atoms with Crippen LogP contribution in [0.4, 0.5) is 0 Å². The Morgan fingerprint density at radius 2 is 2.08 bits per heavy atom. The van der Waals surface area contributed by atoms with Gasteiger partial charge in [0.05, 0.1) is 0 Å². The molecule has 64 valence electrons. The molecule has 3 nitrogen and oxygen atoms in total. The summed E-state index contributed by atoms with van der Waals surface area (Å²) in [5, 5.41) is 0. The minimum atomic E-state index is -0.243. The number of ether oxygens (including phenoxy) is 3. The minimum absolute atomic E-state index is 0.243. The van der Waals surface area contributed by atoms with Crippen molar-refractivity contribution in [3.05, 3.63) is 30.3 Å². The van der Waals surface area contributed by atoms with Crippen LogP contribution in [-0.2, 0) is 9.47 Å². The molecule has 1 aliphatic heterocycles. The van der Waals surface area contributed by atoms with Crippen LogP contribution in [0.1, 0.15) is 0 Å². The van der Waals surface area contributed by atoms with Gasteiger partial charge in [-0.1, -0.05) is 18.2 Å². The van der Waals surface area contributed by atoms with Crippen molar-refractivity contribution in [1.82, 2.24) is 0 Å². The van der Waals surface area contributed by atoms with E-state index in [9.17, 15) is 0 Å². The molecule has 12 heavy (non-hydrogen) atoms. The standard InChI is InChI=1S/C9H10O3/c1-2-4-8(5-3-1)12-9-6-10-7-11-9/h1-5,9H,6-7H2. The van der Waals surface area contributed by atoms with Crippen LogP contribution in [0, 0.1) is 0 Å². The molecule has 1 aromatic carbocycles. The lowest BCUT2D eigenvalue weighted by Crippen LogP contribution is -2.17. The molecule has 3 heteroatoms. The van der Waals surface area contributed by atoms with Gasteiger partial charge < -0.3 is 14.2 Å². The monoisotopic (exact) mass is 166 g/mol. The van der Waals surface area contributed by atoms with Crippen molar-refractivity contribution < 1.29 is 14.2 Å². The largest absolute Gasteiger partial charge is 0.462 e. The molecule has 0 saturated carbocycles. The Kier molecular flexibility index (Phi) is 2.25. The van der Waals surface area contributed by atoms with Crippen LogP contribution in [0.25, 0.3) is 0 Å². The average molecular weight is 166 g/mol. The summed E-state index contributed by atoms with van der Waals surface area (Å²) in [7, 11) is 0. The SMILES string of the molecule is c1ccc(OC2COCO2)cc1. The molecule has 2 rings (SSSR count). The first kappa shape index (κ1) is 7.58. The van der Waals surface area contributed by atoms with Gasteiger partial charge in [0.25, 0.3) is 0 Å². The predicted molar refractivity (Wildman–Crippen MR) is 42.8 cm³/mol. The Bertz CT molecular complexity index is 229. The second-order valence-electron chi connectivity index (χ2n) is 2.52. The van der Waals surface area contributed by atoms with E-state index in [1.54, 1.807) is 0 Å². The lowest BCUT2D eigenvalue weighted by Gasteiger charge is -2.09. The van der Waals surface area contributed by atoms with E-state index in [2.05, 4.69) is 0 Å². The zero-order valence-corrected chi connectivity index (χ0v) is 6.60. The number of para-hydroxylation sites is 1. The molecule has 1 aliphatic rings. The Hall–Kier alpha value is -1.06. The molecular weight excluding hydrogens is 156 g/mol. The first-order valence-electron chi connectivity index (χ1n) is 3.86. The third kappa shape index (κ3) is 1.75. The van der Waals surface area contributed by atoms with Gasteiger partial charge >= 0.3 is 0 Å². The van der Waals surface area contributed by atoms with Crippen LogP contribution in [0.15, 0.2) is 30.3 Å². The van der Waals surface area contributed by atoms with E-state index in [4.69, 9.17) is 14.2 Å². The highest BCUT2D eigenvalue weighted by Crippen LogP contribution is 2.13. The maximum absolute atomic E-state index is 5.43. The first-order chi connectivity index (χ1) is 5.95. The zero-order chi connectivity index (χ0) is 8.23. The molecule has 1 heterocycles. The van der Waals surface area contributed by atoms with Gasteiger partial charge in [0.15, 0.2) is 6.79 Å². The van der Waals surface area contributed by atoms with E-state index < -0.39 is 0 Å². The number of hydrogen-bond acceptors (Lipinski definition) is 3. The summed E-state index contributed by atoms with van der Waals surface area (Å²) < 4.78 is 15.5. The summed E-state index contributed by atoms with van der Waals surface area (Å²) in [6, 6.07) is 9.57. The van der Waals surface area contributed by atoms with Gasteiger partial charge in [-0.3, -0.25) is 0 Å². The molecule has 0 N–H and O–H groups in total. The zero-order valence-electron chi connectivity index (χ0n) is 6.60. The van der Waals surface area contributed by atoms with E-state index in [0.29, 0.717) is 13.4 Å². The maximum Gasteiger partial charge on any atom is 0.225 e. The van der Waals surface area contributed by atoms with Gasteiger partial charge in [-0.15, -0.1) is 0 Å². The van der Waals surface area contributed by atoms with Crippen LogP contribution < -0.4 is 4.74 Å². The van der Waals surface area contributed by atoms with Gasteiger partial charge in [-0.25, -0.2) is 0 Å². The molecule has 0 bridgehead atoms. The van der Waals surface area contributed by atoms with Crippen LogP contribution in [-0.4, -0.2) is 19.7 Å². The summed E-state index contributed by atoms with van der Waals surface area (Å²) >= 11 is 0. The highest BCUT2D eigenvalue weighted by Gasteiger charge is 2.16. The van der Waals surface area contributed by atoms with Crippen molar-refractivity contribution in [2.75, 3.05) is 13.4 Å². The molecule has 1 unspecified atom stereocenters. The summed E-state index contributed by atoms with van der Waals surface area (Å²) in [6.45, 7) is 0.840. The van der Waals surface area contributed by atoms with E-state index in [1.165, 1.54) is 0 Å². The van der Waals surface area contributed by atoms with Gasteiger partial charge in [-0.05, 0) is 12.1 Å². The van der Waals surface area contributed by atoms with Gasteiger partial charge in [-0.2, -0.15) is 0 Å². The van der Waals surface area contributed by atoms with Gasteiger partial charge in [0.2, 0.25) is 6.29 Å². The maximum atomic E-state index is 5.43. The average Bonchev–Trinajstić information content (AvgIpc) is 2.59. The van der Waals surface area contributed by atoms with Crippen LogP contribution >= 0.6 is 0 Å². The molecule has 1 atom stereocenters. The highest BCUT2D eigenvalue weighted by molar-refractivity contribution is 5.21. The fourth-order valence-electron chi connectivity index (χ4n) is 1.04. The fourth-order valence-corrected chi connectivity index (χ4v) is 1.04. The molecular formula is C9H10O3. The molecule has 0 aromatic heterocycles. The Morgan fingerprint density at radius 1 is 1.25 bits per heavy atom. The van der Waals surface area contributed by atoms with E-state index >= 15 is 0 Å². The normalized spacial score (nSPS) is 22.5. The molecule has 0 radical (unpaired) electrons. The van der Waals surface area contributed by atoms with Crippen molar-refractivity contribution in [2.24, 2.45) is 0 Å². The summed E-state index contributed by atoms with van der Waals surface area (Å²) in [4.78, 5) is 0. The predicted octanol–water partition coefficient (Wildman–Crippen LogP) is 1.40. The smallest absolute Gasteiger partial charge is 0.225 e. The fraction of sp³-hybridized carbons (Fsp3) is 0.333. The lowest BCUT2D eigenvalue weighted by molar-refractivity contribution is -0.0410. The quantitative estimate of drug-likeness (QED) is 0.664. The summed E-state index contributed by atoms with van der Waals surface area (Å²) in [6.07, 6.45) is -0.243. The Labute approximate surface area is 70.9 Å². The van der Waals surface area contributed by atoms with Crippen LogP contribution in [0.3, 0.4) is 0 Å². The summed E-state index contributed by atoms with van der Waals surface area (Å²) in [5.74, 6) is 0.813. The molecule has 1 aromatic rings. The van der Waals surface area contributed by atoms with Crippen molar-refractivity contribution in [1.29, 1.82) is 0 Å². The molecule has 1 fully saturated rings. The Balaban J connectivity index is 1.94. The van der Waals surface area contributed by atoms with E-state index in [-0.39, 0.29) is 6.29 Å². The van der Waals surface area contributed by atoms with E-state index in [0.717, 1.165) is 5.75 Å². The van der Waals surface area contributed by atoms with E-state index in [1.807, 2.05) is 30.3 Å². The summed E-state index contributed by atoms with van der Waals surface area (Å²) in [5.41, 5.74) is 0. The number of rotatable bonds is 2. The van der Waals surface area contributed by atoms with Gasteiger partial charge in [0, 0.05) is 0 Å². The second kappa shape index (κ2) is 3.56. The number of benzene rings is 1. The number of hydrogen-bond donors (Lipinski definition) is 0. The van der Waals surface area contributed by atoms with Crippen molar-refractivity contribution >= 4 is 0 Å². The topological polar surface area (TPSA) is 27.7 Å². The van der Waals surface area contributed by atoms with Crippen LogP contribution in [0.5, 0.6) is 5.75 Å². The van der Waals surface area contributed by atoms with Crippen molar-refractivity contribution in [3.8, 4) is 5.75 Å². The second-order valence-corrected chi connectivity index (χ2v) is 2.52. The molecule has 0 amide bonds. The lowest BCUT2D eigenvalue weighted by atomic mass is 10.3. The first-order valence-corrected chi connectivity index (χ1v) is 3.86. The van der Waals surface area contributed by atoms with Gasteiger partial charge in [0.1, 0.15) is 12.4 Å². The third-order valence-corrected chi connectivity index (χ3v) is 1.60. The van der Waals surface area contributed by atoms with Crippen molar-refractivity contribution in [2.45, 2.75) is 6.29 Å². The highest BCUT2D eigenvalue weighted by atomic mass is 16.8. The molecule has 1 saturated heterocycles.